The van der Waals surface area contributed by atoms with Gasteiger partial charge >= 0.3 is 0 Å². The van der Waals surface area contributed by atoms with E-state index in [0.29, 0.717) is 0 Å². The molecule has 1 aromatic rings. The molecule has 0 atom stereocenters. The maximum Gasteiger partial charge on any atom is 0.0380 e. The molecule has 0 nitrogen and oxygen atoms in total. The second-order valence-electron chi connectivity index (χ2n) is 2.88. The smallest absolute Gasteiger partial charge is 0.0380 e. The van der Waals surface area contributed by atoms with E-state index in [9.17, 15) is 0 Å². The summed E-state index contributed by atoms with van der Waals surface area (Å²) in [6, 6.07) is 4.30. The summed E-state index contributed by atoms with van der Waals surface area (Å²) in [6.07, 6.45) is 5.17. The number of aryl methyl sites for hydroxylation is 1. The molecule has 0 amide bonds. The van der Waals surface area contributed by atoms with Crippen LogP contribution >= 0.6 is 23.6 Å². The molecule has 2 heteroatoms. The molecular formula is C10H14S2. The maximum atomic E-state index is 4.85. The minimum atomic E-state index is 1.22. The molecule has 1 rings (SSSR count). The van der Waals surface area contributed by atoms with Gasteiger partial charge in [-0.15, -0.1) is 11.3 Å². The summed E-state index contributed by atoms with van der Waals surface area (Å²) in [5.41, 5.74) is 0. The Morgan fingerprint density at radius 2 is 2.25 bits per heavy atom. The summed E-state index contributed by atoms with van der Waals surface area (Å²) >= 11 is 6.68. The molecule has 12 heavy (non-hydrogen) atoms. The first-order valence-corrected chi connectivity index (χ1v) is 5.69. The van der Waals surface area contributed by atoms with E-state index in [4.69, 9.17) is 12.2 Å². The quantitative estimate of drug-likeness (QED) is 0.512. The largest absolute Gasteiger partial charge is 0.140 e. The molecule has 0 radical (unpaired) electrons. The van der Waals surface area contributed by atoms with Crippen molar-refractivity contribution in [2.24, 2.45) is 0 Å². The van der Waals surface area contributed by atoms with Crippen LogP contribution < -0.4 is 0 Å². The minimum absolute atomic E-state index is 1.22. The van der Waals surface area contributed by atoms with Gasteiger partial charge in [-0.3, -0.25) is 0 Å². The molecule has 0 fully saturated rings. The van der Waals surface area contributed by atoms with Gasteiger partial charge in [0.25, 0.3) is 0 Å². The molecule has 1 heterocycles. The number of rotatable bonds is 5. The lowest BCUT2D eigenvalue weighted by molar-refractivity contribution is 0.722. The van der Waals surface area contributed by atoms with Gasteiger partial charge in [-0.05, 0) is 25.0 Å². The Kier molecular flexibility index (Phi) is 4.48. The fourth-order valence-electron chi connectivity index (χ4n) is 1.14. The molecule has 0 aliphatic carbocycles. The van der Waals surface area contributed by atoms with E-state index < -0.39 is 0 Å². The number of unbranched alkanes of at least 4 members (excludes halogenated alkanes) is 2. The average Bonchev–Trinajstić information content (AvgIpc) is 2.53. The Hall–Kier alpha value is -0.210. The van der Waals surface area contributed by atoms with Crippen LogP contribution in [0.2, 0.25) is 0 Å². The highest BCUT2D eigenvalue weighted by molar-refractivity contribution is 7.79. The summed E-state index contributed by atoms with van der Waals surface area (Å²) in [6.45, 7) is 2.23. The van der Waals surface area contributed by atoms with E-state index in [1.807, 2.05) is 11.3 Å². The molecule has 0 N–H and O–H groups in total. The molecule has 0 aromatic carbocycles. The molecule has 66 valence electrons. The lowest BCUT2D eigenvalue weighted by Crippen LogP contribution is -1.78. The highest BCUT2D eigenvalue weighted by Crippen LogP contribution is 2.17. The zero-order valence-electron chi connectivity index (χ0n) is 7.38. The monoisotopic (exact) mass is 198 g/mol. The van der Waals surface area contributed by atoms with Gasteiger partial charge in [0.2, 0.25) is 0 Å². The molecular weight excluding hydrogens is 184 g/mol. The van der Waals surface area contributed by atoms with Crippen molar-refractivity contribution < 1.29 is 0 Å². The van der Waals surface area contributed by atoms with Crippen LogP contribution in [0.1, 0.15) is 35.9 Å². The van der Waals surface area contributed by atoms with E-state index in [0.717, 1.165) is 0 Å². The molecule has 0 spiro atoms. The Morgan fingerprint density at radius 3 is 2.83 bits per heavy atom. The van der Waals surface area contributed by atoms with Gasteiger partial charge in [0.15, 0.2) is 0 Å². The van der Waals surface area contributed by atoms with Gasteiger partial charge in [0.1, 0.15) is 0 Å². The number of hydrogen-bond donors (Lipinski definition) is 0. The first-order chi connectivity index (χ1) is 5.86. The Balaban J connectivity index is 2.36. The summed E-state index contributed by atoms with van der Waals surface area (Å²) in [5, 5.41) is 1.76. The molecule has 0 unspecified atom stereocenters. The van der Waals surface area contributed by atoms with Gasteiger partial charge in [0.05, 0.1) is 0 Å². The summed E-state index contributed by atoms with van der Waals surface area (Å²) in [5.74, 6) is 0. The van der Waals surface area contributed by atoms with Gasteiger partial charge in [-0.1, -0.05) is 32.0 Å². The van der Waals surface area contributed by atoms with Crippen LogP contribution in [0.3, 0.4) is 0 Å². The number of thiocarbonyl (C=S) groups is 1. The van der Waals surface area contributed by atoms with Gasteiger partial charge < -0.3 is 0 Å². The molecule has 0 saturated heterocycles. The van der Waals surface area contributed by atoms with Crippen LogP contribution in [0.4, 0.5) is 0 Å². The van der Waals surface area contributed by atoms with Crippen molar-refractivity contribution in [2.45, 2.75) is 32.6 Å². The van der Waals surface area contributed by atoms with Crippen molar-refractivity contribution in [1.82, 2.24) is 0 Å². The third kappa shape index (κ3) is 3.03. The van der Waals surface area contributed by atoms with Crippen LogP contribution in [0.15, 0.2) is 12.1 Å². The van der Waals surface area contributed by atoms with Crippen molar-refractivity contribution in [3.8, 4) is 0 Å². The molecule has 1 aromatic heterocycles. The van der Waals surface area contributed by atoms with Crippen LogP contribution in [0.5, 0.6) is 0 Å². The van der Waals surface area contributed by atoms with E-state index in [1.54, 1.807) is 5.37 Å². The Bertz CT molecular complexity index is 238. The fraction of sp³-hybridized carbons (Fsp3) is 0.500. The second-order valence-corrected chi connectivity index (χ2v) is 4.31. The van der Waals surface area contributed by atoms with E-state index in [1.165, 1.54) is 35.4 Å². The third-order valence-electron chi connectivity index (χ3n) is 1.83. The SMILES string of the molecule is CCCCCc1ccc(C=S)s1. The summed E-state index contributed by atoms with van der Waals surface area (Å²) in [4.78, 5) is 2.69. The van der Waals surface area contributed by atoms with Gasteiger partial charge in [0, 0.05) is 15.1 Å². The van der Waals surface area contributed by atoms with Crippen molar-refractivity contribution in [3.05, 3.63) is 21.9 Å². The maximum absolute atomic E-state index is 4.85. The van der Waals surface area contributed by atoms with Crippen LogP contribution in [-0.2, 0) is 6.42 Å². The van der Waals surface area contributed by atoms with E-state index in [2.05, 4.69) is 19.1 Å². The van der Waals surface area contributed by atoms with Crippen LogP contribution in [-0.4, -0.2) is 5.37 Å². The van der Waals surface area contributed by atoms with E-state index >= 15 is 0 Å². The highest BCUT2D eigenvalue weighted by Gasteiger charge is 1.96. The topological polar surface area (TPSA) is 0 Å². The van der Waals surface area contributed by atoms with Gasteiger partial charge in [-0.25, -0.2) is 0 Å². The number of hydrogen-bond acceptors (Lipinski definition) is 2. The van der Waals surface area contributed by atoms with E-state index in [-0.39, 0.29) is 0 Å². The molecule has 0 aliphatic rings. The Morgan fingerprint density at radius 1 is 1.42 bits per heavy atom. The van der Waals surface area contributed by atoms with Crippen molar-refractivity contribution >= 4 is 28.9 Å². The predicted octanol–water partition coefficient (Wildman–Crippen LogP) is 3.83. The molecule has 0 bridgehead atoms. The van der Waals surface area contributed by atoms with Gasteiger partial charge in [-0.2, -0.15) is 0 Å². The van der Waals surface area contributed by atoms with Crippen molar-refractivity contribution in [3.63, 3.8) is 0 Å². The first kappa shape index (κ1) is 9.87. The summed E-state index contributed by atoms with van der Waals surface area (Å²) in [7, 11) is 0. The predicted molar refractivity (Wildman–Crippen MR) is 60.3 cm³/mol. The minimum Gasteiger partial charge on any atom is -0.140 e. The van der Waals surface area contributed by atoms with Crippen LogP contribution in [0.25, 0.3) is 0 Å². The second kappa shape index (κ2) is 5.44. The normalized spacial score (nSPS) is 10.1. The standard InChI is InChI=1S/C10H14S2/c1-2-3-4-5-9-6-7-10(8-11)12-9/h6-8H,2-5H2,1H3. The zero-order valence-corrected chi connectivity index (χ0v) is 9.01. The van der Waals surface area contributed by atoms with Crippen LogP contribution in [0, 0.1) is 0 Å². The zero-order chi connectivity index (χ0) is 8.81. The highest BCUT2D eigenvalue weighted by atomic mass is 32.1. The van der Waals surface area contributed by atoms with Crippen molar-refractivity contribution in [1.29, 1.82) is 0 Å². The number of thiophene rings is 1. The third-order valence-corrected chi connectivity index (χ3v) is 3.32. The molecule has 0 saturated carbocycles. The van der Waals surface area contributed by atoms with Crippen molar-refractivity contribution in [2.75, 3.05) is 0 Å². The lowest BCUT2D eigenvalue weighted by atomic mass is 10.2. The first-order valence-electron chi connectivity index (χ1n) is 4.40. The Labute approximate surface area is 83.6 Å². The molecule has 0 aliphatic heterocycles. The fourth-order valence-corrected chi connectivity index (χ4v) is 2.23. The lowest BCUT2D eigenvalue weighted by Gasteiger charge is -1.94. The summed E-state index contributed by atoms with van der Waals surface area (Å²) < 4.78 is 0. The average molecular weight is 198 g/mol.